The maximum Gasteiger partial charge on any atom is 0.221 e. The van der Waals surface area contributed by atoms with Gasteiger partial charge in [-0.15, -0.1) is 0 Å². The molecule has 0 aromatic heterocycles. The van der Waals surface area contributed by atoms with E-state index >= 15 is 0 Å². The highest BCUT2D eigenvalue weighted by Gasteiger charge is 2.52. The van der Waals surface area contributed by atoms with E-state index in [4.69, 9.17) is 15.2 Å². The zero-order valence-electron chi connectivity index (χ0n) is 14.1. The van der Waals surface area contributed by atoms with Gasteiger partial charge in [0.2, 0.25) is 5.91 Å². The van der Waals surface area contributed by atoms with Crippen LogP contribution in [0, 0.1) is 5.92 Å². The summed E-state index contributed by atoms with van der Waals surface area (Å²) in [6.45, 7) is 1.20. The summed E-state index contributed by atoms with van der Waals surface area (Å²) in [6, 6.07) is 20.2. The van der Waals surface area contributed by atoms with Crippen LogP contribution in [-0.4, -0.2) is 24.9 Å². The minimum Gasteiger partial charge on any atom is -0.369 e. The van der Waals surface area contributed by atoms with Crippen LogP contribution in [0.4, 0.5) is 0 Å². The van der Waals surface area contributed by atoms with Gasteiger partial charge in [0.15, 0.2) is 5.79 Å². The molecular weight excluding hydrogens is 314 g/mol. The Balaban J connectivity index is 1.79. The number of nitrogens with two attached hydrogens (primary N) is 1. The number of amides is 1. The third kappa shape index (κ3) is 3.08. The summed E-state index contributed by atoms with van der Waals surface area (Å²) in [5.41, 5.74) is 8.12. The van der Waals surface area contributed by atoms with Gasteiger partial charge in [-0.2, -0.15) is 0 Å². The predicted octanol–water partition coefficient (Wildman–Crippen LogP) is 3.19. The van der Waals surface area contributed by atoms with Crippen LogP contribution >= 0.6 is 0 Å². The average Bonchev–Trinajstić information content (AvgIpc) is 3.10. The van der Waals surface area contributed by atoms with Crippen LogP contribution in [0.25, 0.3) is 0 Å². The van der Waals surface area contributed by atoms with E-state index in [0.717, 1.165) is 11.1 Å². The normalized spacial score (nSPS) is 28.1. The summed E-state index contributed by atoms with van der Waals surface area (Å²) in [7, 11) is 0. The Kier molecular flexibility index (Phi) is 4.32. The smallest absolute Gasteiger partial charge is 0.221 e. The van der Waals surface area contributed by atoms with Crippen molar-refractivity contribution < 1.29 is 14.3 Å². The third-order valence-corrected chi connectivity index (χ3v) is 5.53. The predicted molar refractivity (Wildman–Crippen MR) is 94.9 cm³/mol. The molecule has 1 spiro atoms. The van der Waals surface area contributed by atoms with Gasteiger partial charge in [-0.1, -0.05) is 60.7 Å². The molecule has 1 saturated heterocycles. The summed E-state index contributed by atoms with van der Waals surface area (Å²) in [5, 5.41) is 0. The maximum absolute atomic E-state index is 12.5. The highest BCUT2D eigenvalue weighted by atomic mass is 16.7. The fraction of sp³-hybridized carbons (Fsp3) is 0.381. The van der Waals surface area contributed by atoms with Crippen molar-refractivity contribution in [3.63, 3.8) is 0 Å². The average molecular weight is 337 g/mol. The Hall–Kier alpha value is -2.17. The van der Waals surface area contributed by atoms with Crippen LogP contribution in [0.1, 0.15) is 35.8 Å². The van der Waals surface area contributed by atoms with Gasteiger partial charge in [0, 0.05) is 24.7 Å². The molecule has 1 heterocycles. The lowest BCUT2D eigenvalue weighted by molar-refractivity contribution is -0.192. The number of hydrogen-bond donors (Lipinski definition) is 1. The molecule has 25 heavy (non-hydrogen) atoms. The van der Waals surface area contributed by atoms with Crippen LogP contribution in [0.2, 0.25) is 0 Å². The molecule has 3 atom stereocenters. The van der Waals surface area contributed by atoms with Gasteiger partial charge in [-0.05, 0) is 11.1 Å². The lowest BCUT2D eigenvalue weighted by Gasteiger charge is -2.45. The minimum absolute atomic E-state index is 0.0178. The number of ether oxygens (including phenoxy) is 2. The van der Waals surface area contributed by atoms with Crippen molar-refractivity contribution >= 4 is 5.91 Å². The van der Waals surface area contributed by atoms with Crippen molar-refractivity contribution in [2.24, 2.45) is 11.7 Å². The Bertz CT molecular complexity index is 674. The molecule has 2 aromatic rings. The molecular formula is C21H23NO3. The van der Waals surface area contributed by atoms with E-state index in [1.807, 2.05) is 36.4 Å². The topological polar surface area (TPSA) is 61.6 Å². The van der Waals surface area contributed by atoms with Gasteiger partial charge in [0.25, 0.3) is 0 Å². The molecule has 2 fully saturated rings. The standard InChI is InChI=1S/C21H23NO3/c22-20(23)19-17(15-7-3-1-4-8-15)13-21(24-11-12-25-21)14-18(19)16-9-5-2-6-10-16/h1-10,17-19H,11-14H2,(H2,22,23)/t17-,18+,19?. The first-order valence-electron chi connectivity index (χ1n) is 8.86. The Morgan fingerprint density at radius 3 is 1.68 bits per heavy atom. The highest BCUT2D eigenvalue weighted by molar-refractivity contribution is 5.79. The van der Waals surface area contributed by atoms with E-state index in [0.29, 0.717) is 26.1 Å². The van der Waals surface area contributed by atoms with E-state index in [9.17, 15) is 4.79 Å². The van der Waals surface area contributed by atoms with Crippen molar-refractivity contribution in [2.75, 3.05) is 13.2 Å². The summed E-state index contributed by atoms with van der Waals surface area (Å²) in [6.07, 6.45) is 1.32. The van der Waals surface area contributed by atoms with Crippen molar-refractivity contribution in [1.82, 2.24) is 0 Å². The van der Waals surface area contributed by atoms with Gasteiger partial charge in [0.1, 0.15) is 0 Å². The van der Waals surface area contributed by atoms with Crippen LogP contribution in [0.5, 0.6) is 0 Å². The van der Waals surface area contributed by atoms with E-state index in [-0.39, 0.29) is 23.7 Å². The summed E-state index contributed by atoms with van der Waals surface area (Å²) < 4.78 is 12.1. The molecule has 2 N–H and O–H groups in total. The summed E-state index contributed by atoms with van der Waals surface area (Å²) >= 11 is 0. The number of carbonyl (C=O) groups excluding carboxylic acids is 1. The largest absolute Gasteiger partial charge is 0.369 e. The van der Waals surface area contributed by atoms with Gasteiger partial charge < -0.3 is 15.2 Å². The van der Waals surface area contributed by atoms with E-state index in [1.54, 1.807) is 0 Å². The second-order valence-corrected chi connectivity index (χ2v) is 6.98. The van der Waals surface area contributed by atoms with Crippen molar-refractivity contribution in [3.8, 4) is 0 Å². The molecule has 2 aromatic carbocycles. The number of primary amides is 1. The van der Waals surface area contributed by atoms with Gasteiger partial charge in [0.05, 0.1) is 19.1 Å². The molecule has 4 heteroatoms. The number of benzene rings is 2. The highest BCUT2D eigenvalue weighted by Crippen LogP contribution is 2.52. The minimum atomic E-state index is -0.618. The Morgan fingerprint density at radius 1 is 0.840 bits per heavy atom. The quantitative estimate of drug-likeness (QED) is 0.935. The van der Waals surface area contributed by atoms with Crippen LogP contribution in [0.15, 0.2) is 60.7 Å². The molecule has 0 radical (unpaired) electrons. The molecule has 1 amide bonds. The Labute approximate surface area is 147 Å². The van der Waals surface area contributed by atoms with Gasteiger partial charge in [-0.25, -0.2) is 0 Å². The van der Waals surface area contributed by atoms with Crippen molar-refractivity contribution in [2.45, 2.75) is 30.5 Å². The van der Waals surface area contributed by atoms with Crippen LogP contribution < -0.4 is 5.73 Å². The number of hydrogen-bond acceptors (Lipinski definition) is 3. The molecule has 4 nitrogen and oxygen atoms in total. The first-order chi connectivity index (χ1) is 12.2. The fourth-order valence-electron chi connectivity index (χ4n) is 4.47. The van der Waals surface area contributed by atoms with E-state index < -0.39 is 5.79 Å². The zero-order chi connectivity index (χ0) is 17.3. The Morgan fingerprint density at radius 2 is 1.28 bits per heavy atom. The first kappa shape index (κ1) is 16.3. The molecule has 130 valence electrons. The van der Waals surface area contributed by atoms with Gasteiger partial charge >= 0.3 is 0 Å². The summed E-state index contributed by atoms with van der Waals surface area (Å²) in [5.74, 6) is -1.18. The molecule has 1 unspecified atom stereocenters. The second kappa shape index (κ2) is 6.62. The molecule has 0 bridgehead atoms. The molecule has 1 aliphatic heterocycles. The number of rotatable bonds is 3. The molecule has 1 aliphatic carbocycles. The van der Waals surface area contributed by atoms with Gasteiger partial charge in [-0.3, -0.25) is 4.79 Å². The zero-order valence-corrected chi connectivity index (χ0v) is 14.1. The third-order valence-electron chi connectivity index (χ3n) is 5.53. The number of carbonyl (C=O) groups is 1. The molecule has 2 aliphatic rings. The first-order valence-corrected chi connectivity index (χ1v) is 8.86. The second-order valence-electron chi connectivity index (χ2n) is 6.98. The lowest BCUT2D eigenvalue weighted by atomic mass is 9.64. The maximum atomic E-state index is 12.5. The molecule has 4 rings (SSSR count). The van der Waals surface area contributed by atoms with Crippen molar-refractivity contribution in [3.05, 3.63) is 71.8 Å². The molecule has 1 saturated carbocycles. The van der Waals surface area contributed by atoms with E-state index in [1.165, 1.54) is 0 Å². The SMILES string of the molecule is NC(=O)C1[C@@H](c2ccccc2)CC2(C[C@H]1c1ccccc1)OCCO2. The summed E-state index contributed by atoms with van der Waals surface area (Å²) in [4.78, 5) is 12.5. The fourth-order valence-corrected chi connectivity index (χ4v) is 4.47. The van der Waals surface area contributed by atoms with Crippen LogP contribution in [0.3, 0.4) is 0 Å². The lowest BCUT2D eigenvalue weighted by Crippen LogP contribution is -2.47. The van der Waals surface area contributed by atoms with Crippen LogP contribution in [-0.2, 0) is 14.3 Å². The van der Waals surface area contributed by atoms with Crippen molar-refractivity contribution in [1.29, 1.82) is 0 Å². The monoisotopic (exact) mass is 337 g/mol. The van der Waals surface area contributed by atoms with E-state index in [2.05, 4.69) is 24.3 Å².